The van der Waals surface area contributed by atoms with Crippen molar-refractivity contribution in [3.05, 3.63) is 0 Å². The zero-order valence-electron chi connectivity index (χ0n) is 10.7. The third-order valence-corrected chi connectivity index (χ3v) is 4.31. The van der Waals surface area contributed by atoms with E-state index in [1.165, 1.54) is 45.1 Å². The number of methoxy groups -OCH3 is 1. The van der Waals surface area contributed by atoms with Crippen LogP contribution in [0.5, 0.6) is 0 Å². The number of hydrogen-bond donors (Lipinski definition) is 1. The van der Waals surface area contributed by atoms with Crippen LogP contribution in [0.25, 0.3) is 0 Å². The molecule has 94 valence electrons. The van der Waals surface area contributed by atoms with Crippen molar-refractivity contribution in [2.45, 2.75) is 56.7 Å². The molecule has 1 N–H and O–H groups in total. The van der Waals surface area contributed by atoms with Gasteiger partial charge in [0.05, 0.1) is 6.10 Å². The topological polar surface area (TPSA) is 24.5 Å². The second-order valence-corrected chi connectivity index (χ2v) is 5.24. The average Bonchev–Trinajstić information content (AvgIpc) is 2.38. The summed E-state index contributed by atoms with van der Waals surface area (Å²) in [5, 5.41) is 3.50. The number of nitrogens with one attached hydrogen (secondary N) is 1. The van der Waals surface area contributed by atoms with Crippen LogP contribution < -0.4 is 5.32 Å². The van der Waals surface area contributed by atoms with Crippen molar-refractivity contribution < 1.29 is 4.74 Å². The van der Waals surface area contributed by atoms with Crippen LogP contribution in [0.4, 0.5) is 0 Å². The van der Waals surface area contributed by atoms with Gasteiger partial charge in [-0.3, -0.25) is 4.90 Å². The van der Waals surface area contributed by atoms with E-state index in [1.54, 1.807) is 0 Å². The van der Waals surface area contributed by atoms with Crippen molar-refractivity contribution >= 4 is 0 Å². The number of nitrogens with zero attached hydrogens (tertiary/aromatic N) is 1. The van der Waals surface area contributed by atoms with E-state index in [2.05, 4.69) is 17.3 Å². The number of ether oxygens (including phenoxy) is 1. The lowest BCUT2D eigenvalue weighted by atomic mass is 9.88. The molecule has 2 aliphatic rings. The molecule has 0 aromatic rings. The largest absolute Gasteiger partial charge is 0.380 e. The third-order valence-electron chi connectivity index (χ3n) is 4.31. The molecule has 0 aromatic carbocycles. The summed E-state index contributed by atoms with van der Waals surface area (Å²) >= 11 is 0. The Kier molecular flexibility index (Phi) is 4.62. The Hall–Kier alpha value is -0.120. The Labute approximate surface area is 99.5 Å². The Morgan fingerprint density at radius 2 is 1.94 bits per heavy atom. The molecular formula is C13H26N2O. The van der Waals surface area contributed by atoms with E-state index in [0.29, 0.717) is 12.1 Å². The lowest BCUT2D eigenvalue weighted by Gasteiger charge is -2.43. The molecule has 2 rings (SSSR count). The molecule has 0 bridgehead atoms. The van der Waals surface area contributed by atoms with Gasteiger partial charge >= 0.3 is 0 Å². The van der Waals surface area contributed by atoms with Gasteiger partial charge in [-0.15, -0.1) is 0 Å². The molecule has 0 spiro atoms. The molecule has 3 heteroatoms. The van der Waals surface area contributed by atoms with Crippen molar-refractivity contribution in [1.82, 2.24) is 10.2 Å². The number of rotatable bonds is 3. The molecule has 1 saturated heterocycles. The summed E-state index contributed by atoms with van der Waals surface area (Å²) in [5.74, 6) is 0. The maximum Gasteiger partial charge on any atom is 0.0698 e. The standard InChI is InChI=1S/C13H26N2O/c1-14-12-7-3-4-8-13(12)15-9-5-6-11(10-15)16-2/h11-14H,3-10H2,1-2H3. The highest BCUT2D eigenvalue weighted by Gasteiger charge is 2.32. The summed E-state index contributed by atoms with van der Waals surface area (Å²) in [6.45, 7) is 2.40. The second kappa shape index (κ2) is 5.99. The zero-order chi connectivity index (χ0) is 11.4. The minimum Gasteiger partial charge on any atom is -0.380 e. The number of piperidine rings is 1. The molecule has 1 aliphatic heterocycles. The third kappa shape index (κ3) is 2.76. The molecule has 1 saturated carbocycles. The first-order valence-electron chi connectivity index (χ1n) is 6.79. The molecule has 0 aromatic heterocycles. The summed E-state index contributed by atoms with van der Waals surface area (Å²) in [5.41, 5.74) is 0. The van der Waals surface area contributed by atoms with Gasteiger partial charge in [0.2, 0.25) is 0 Å². The van der Waals surface area contributed by atoms with Gasteiger partial charge in [0.15, 0.2) is 0 Å². The predicted octanol–water partition coefficient (Wildman–Crippen LogP) is 1.63. The van der Waals surface area contributed by atoms with Crippen LogP contribution >= 0.6 is 0 Å². The van der Waals surface area contributed by atoms with Crippen LogP contribution in [0.3, 0.4) is 0 Å². The molecule has 0 radical (unpaired) electrons. The van der Waals surface area contributed by atoms with Crippen molar-refractivity contribution in [2.75, 3.05) is 27.2 Å². The summed E-state index contributed by atoms with van der Waals surface area (Å²) in [6, 6.07) is 1.45. The average molecular weight is 226 g/mol. The van der Waals surface area contributed by atoms with Crippen molar-refractivity contribution in [1.29, 1.82) is 0 Å². The summed E-state index contributed by atoms with van der Waals surface area (Å²) in [7, 11) is 3.96. The molecule has 1 heterocycles. The Bertz CT molecular complexity index is 210. The lowest BCUT2D eigenvalue weighted by Crippen LogP contribution is -2.54. The quantitative estimate of drug-likeness (QED) is 0.791. The van der Waals surface area contributed by atoms with Crippen LogP contribution in [0, 0.1) is 0 Å². The fourth-order valence-corrected chi connectivity index (χ4v) is 3.34. The van der Waals surface area contributed by atoms with Gasteiger partial charge in [0, 0.05) is 25.7 Å². The van der Waals surface area contributed by atoms with Gasteiger partial charge < -0.3 is 10.1 Å². The lowest BCUT2D eigenvalue weighted by molar-refractivity contribution is 0.000818. The Morgan fingerprint density at radius 3 is 2.69 bits per heavy atom. The van der Waals surface area contributed by atoms with Gasteiger partial charge in [-0.2, -0.15) is 0 Å². The number of likely N-dealkylation sites (tertiary alicyclic amines) is 1. The van der Waals surface area contributed by atoms with Crippen molar-refractivity contribution in [2.24, 2.45) is 0 Å². The second-order valence-electron chi connectivity index (χ2n) is 5.24. The van der Waals surface area contributed by atoms with Crippen molar-refractivity contribution in [3.63, 3.8) is 0 Å². The smallest absolute Gasteiger partial charge is 0.0698 e. The fraction of sp³-hybridized carbons (Fsp3) is 1.00. The van der Waals surface area contributed by atoms with E-state index in [9.17, 15) is 0 Å². The fourth-order valence-electron chi connectivity index (χ4n) is 3.34. The van der Waals surface area contributed by atoms with Crippen LogP contribution in [0.1, 0.15) is 38.5 Å². The summed E-state index contributed by atoms with van der Waals surface area (Å²) < 4.78 is 5.52. The van der Waals surface area contributed by atoms with E-state index in [-0.39, 0.29) is 0 Å². The Morgan fingerprint density at radius 1 is 1.12 bits per heavy atom. The minimum atomic E-state index is 0.466. The molecule has 3 nitrogen and oxygen atoms in total. The van der Waals surface area contributed by atoms with E-state index in [0.717, 1.165) is 12.6 Å². The van der Waals surface area contributed by atoms with Gasteiger partial charge in [-0.05, 0) is 39.3 Å². The van der Waals surface area contributed by atoms with Crippen molar-refractivity contribution in [3.8, 4) is 0 Å². The first kappa shape index (κ1) is 12.3. The van der Waals surface area contributed by atoms with Crippen LogP contribution in [-0.2, 0) is 4.74 Å². The molecule has 0 amide bonds. The van der Waals surface area contributed by atoms with E-state index in [4.69, 9.17) is 4.74 Å². The SMILES string of the molecule is CNC1CCCCC1N1CCCC(OC)C1. The monoisotopic (exact) mass is 226 g/mol. The van der Waals surface area contributed by atoms with E-state index >= 15 is 0 Å². The van der Waals surface area contributed by atoms with Crippen LogP contribution in [0.15, 0.2) is 0 Å². The van der Waals surface area contributed by atoms with E-state index < -0.39 is 0 Å². The molecule has 16 heavy (non-hydrogen) atoms. The highest BCUT2D eigenvalue weighted by Crippen LogP contribution is 2.26. The molecule has 3 unspecified atom stereocenters. The van der Waals surface area contributed by atoms with E-state index in [1.807, 2.05) is 7.11 Å². The van der Waals surface area contributed by atoms with Gasteiger partial charge in [-0.1, -0.05) is 12.8 Å². The predicted molar refractivity (Wildman–Crippen MR) is 66.7 cm³/mol. The van der Waals surface area contributed by atoms with Crippen LogP contribution in [0.2, 0.25) is 0 Å². The maximum absolute atomic E-state index is 5.52. The highest BCUT2D eigenvalue weighted by atomic mass is 16.5. The Balaban J connectivity index is 1.93. The molecule has 3 atom stereocenters. The molecule has 2 fully saturated rings. The first-order valence-corrected chi connectivity index (χ1v) is 6.79. The normalized spacial score (nSPS) is 37.5. The number of hydrogen-bond acceptors (Lipinski definition) is 3. The first-order chi connectivity index (χ1) is 7.85. The van der Waals surface area contributed by atoms with Gasteiger partial charge in [0.25, 0.3) is 0 Å². The summed E-state index contributed by atoms with van der Waals surface area (Å²) in [6.07, 6.45) is 8.50. The zero-order valence-corrected chi connectivity index (χ0v) is 10.7. The number of likely N-dealkylation sites (N-methyl/N-ethyl adjacent to an activating group) is 1. The maximum atomic E-state index is 5.52. The van der Waals surface area contributed by atoms with Gasteiger partial charge in [-0.25, -0.2) is 0 Å². The molecular weight excluding hydrogens is 200 g/mol. The van der Waals surface area contributed by atoms with Gasteiger partial charge in [0.1, 0.15) is 0 Å². The highest BCUT2D eigenvalue weighted by molar-refractivity contribution is 4.90. The summed E-state index contributed by atoms with van der Waals surface area (Å²) in [4.78, 5) is 2.66. The minimum absolute atomic E-state index is 0.466. The van der Waals surface area contributed by atoms with Crippen LogP contribution in [-0.4, -0.2) is 50.3 Å². The molecule has 1 aliphatic carbocycles.